The predicted octanol–water partition coefficient (Wildman–Crippen LogP) is 4.32. The van der Waals surface area contributed by atoms with Crippen molar-refractivity contribution >= 4 is 23.3 Å². The van der Waals surface area contributed by atoms with Crippen LogP contribution in [0.2, 0.25) is 5.02 Å². The van der Waals surface area contributed by atoms with E-state index in [2.05, 4.69) is 15.0 Å². The number of ether oxygens (including phenoxy) is 2. The lowest BCUT2D eigenvalue weighted by molar-refractivity contribution is 0.0988. The SMILES string of the molecule is CCC(=O)c1cccc(Oc2ncnc(N3CC(Oc4ccc(Cl)cc4F)C3)n2)c1. The summed E-state index contributed by atoms with van der Waals surface area (Å²) in [5.41, 5.74) is 0.571. The van der Waals surface area contributed by atoms with Gasteiger partial charge in [0, 0.05) is 17.0 Å². The van der Waals surface area contributed by atoms with Crippen molar-refractivity contribution in [3.05, 3.63) is 65.2 Å². The third-order valence-corrected chi connectivity index (χ3v) is 4.78. The van der Waals surface area contributed by atoms with Crippen LogP contribution in [0.3, 0.4) is 0 Å². The van der Waals surface area contributed by atoms with Crippen LogP contribution in [-0.4, -0.2) is 39.9 Å². The molecular formula is C21H18ClFN4O3. The van der Waals surface area contributed by atoms with E-state index in [1.165, 1.54) is 18.5 Å². The molecule has 0 spiro atoms. The Kier molecular flexibility index (Phi) is 5.76. The van der Waals surface area contributed by atoms with Gasteiger partial charge in [-0.2, -0.15) is 9.97 Å². The molecule has 0 amide bonds. The van der Waals surface area contributed by atoms with Crippen molar-refractivity contribution < 1.29 is 18.7 Å². The highest BCUT2D eigenvalue weighted by Crippen LogP contribution is 2.27. The maximum absolute atomic E-state index is 13.9. The maximum atomic E-state index is 13.9. The minimum Gasteiger partial charge on any atom is -0.484 e. The van der Waals surface area contributed by atoms with E-state index in [1.807, 2.05) is 4.90 Å². The normalized spacial score (nSPS) is 13.6. The molecule has 7 nitrogen and oxygen atoms in total. The number of hydrogen-bond donors (Lipinski definition) is 0. The molecule has 0 atom stereocenters. The van der Waals surface area contributed by atoms with Gasteiger partial charge in [-0.15, -0.1) is 0 Å². The van der Waals surface area contributed by atoms with Gasteiger partial charge in [-0.1, -0.05) is 30.7 Å². The molecule has 1 aliphatic rings. The number of ketones is 1. The van der Waals surface area contributed by atoms with Gasteiger partial charge >= 0.3 is 6.01 Å². The largest absolute Gasteiger partial charge is 0.484 e. The second-order valence-corrected chi connectivity index (χ2v) is 7.13. The Morgan fingerprint density at radius 1 is 1.23 bits per heavy atom. The van der Waals surface area contributed by atoms with Gasteiger partial charge < -0.3 is 14.4 Å². The van der Waals surface area contributed by atoms with Crippen molar-refractivity contribution in [1.82, 2.24) is 15.0 Å². The number of anilines is 1. The van der Waals surface area contributed by atoms with Crippen LogP contribution >= 0.6 is 11.6 Å². The van der Waals surface area contributed by atoms with Gasteiger partial charge in [-0.25, -0.2) is 9.37 Å². The first kappa shape index (κ1) is 20.0. The van der Waals surface area contributed by atoms with Crippen LogP contribution < -0.4 is 14.4 Å². The summed E-state index contributed by atoms with van der Waals surface area (Å²) in [6, 6.07) is 11.3. The van der Waals surface area contributed by atoms with E-state index in [4.69, 9.17) is 21.1 Å². The van der Waals surface area contributed by atoms with E-state index >= 15 is 0 Å². The fourth-order valence-electron chi connectivity index (χ4n) is 2.94. The molecule has 0 bridgehead atoms. The quantitative estimate of drug-likeness (QED) is 0.518. The first-order valence-electron chi connectivity index (χ1n) is 9.38. The first-order valence-corrected chi connectivity index (χ1v) is 9.76. The summed E-state index contributed by atoms with van der Waals surface area (Å²) in [4.78, 5) is 26.2. The number of carbonyl (C=O) groups excluding carboxylic acids is 1. The Morgan fingerprint density at radius 2 is 2.07 bits per heavy atom. The molecule has 1 aromatic heterocycles. The van der Waals surface area contributed by atoms with Crippen LogP contribution in [0.15, 0.2) is 48.8 Å². The van der Waals surface area contributed by atoms with Gasteiger partial charge in [0.2, 0.25) is 5.95 Å². The lowest BCUT2D eigenvalue weighted by Crippen LogP contribution is -2.54. The molecule has 1 saturated heterocycles. The van der Waals surface area contributed by atoms with Crippen LogP contribution in [0.4, 0.5) is 10.3 Å². The van der Waals surface area contributed by atoms with Crippen molar-refractivity contribution in [3.63, 3.8) is 0 Å². The zero-order chi connectivity index (χ0) is 21.1. The van der Waals surface area contributed by atoms with E-state index in [0.29, 0.717) is 41.8 Å². The van der Waals surface area contributed by atoms with Crippen LogP contribution in [-0.2, 0) is 0 Å². The smallest absolute Gasteiger partial charge is 0.326 e. The van der Waals surface area contributed by atoms with Crippen LogP contribution in [0.5, 0.6) is 17.5 Å². The Balaban J connectivity index is 1.38. The van der Waals surface area contributed by atoms with Crippen molar-refractivity contribution in [1.29, 1.82) is 0 Å². The van der Waals surface area contributed by atoms with E-state index in [0.717, 1.165) is 0 Å². The van der Waals surface area contributed by atoms with E-state index < -0.39 is 5.82 Å². The van der Waals surface area contributed by atoms with Crippen molar-refractivity contribution in [2.45, 2.75) is 19.4 Å². The van der Waals surface area contributed by atoms with Crippen molar-refractivity contribution in [2.24, 2.45) is 0 Å². The Morgan fingerprint density at radius 3 is 2.83 bits per heavy atom. The van der Waals surface area contributed by atoms with Crippen LogP contribution in [0.1, 0.15) is 23.7 Å². The molecule has 30 heavy (non-hydrogen) atoms. The molecule has 4 rings (SSSR count). The fraction of sp³-hybridized carbons (Fsp3) is 0.238. The highest BCUT2D eigenvalue weighted by atomic mass is 35.5. The highest BCUT2D eigenvalue weighted by molar-refractivity contribution is 6.30. The van der Waals surface area contributed by atoms with E-state index in [1.54, 1.807) is 37.3 Å². The molecule has 3 aromatic rings. The summed E-state index contributed by atoms with van der Waals surface area (Å²) >= 11 is 5.75. The van der Waals surface area contributed by atoms with Gasteiger partial charge in [0.25, 0.3) is 0 Å². The number of aromatic nitrogens is 3. The lowest BCUT2D eigenvalue weighted by Gasteiger charge is -2.38. The molecule has 0 saturated carbocycles. The number of carbonyl (C=O) groups is 1. The minimum absolute atomic E-state index is 0.0283. The van der Waals surface area contributed by atoms with Crippen LogP contribution in [0, 0.1) is 5.82 Å². The average Bonchev–Trinajstić information content (AvgIpc) is 2.71. The van der Waals surface area contributed by atoms with Gasteiger partial charge in [0.1, 0.15) is 18.2 Å². The summed E-state index contributed by atoms with van der Waals surface area (Å²) in [5, 5.41) is 0.317. The van der Waals surface area contributed by atoms with Gasteiger partial charge in [-0.05, 0) is 30.3 Å². The second kappa shape index (κ2) is 8.62. The second-order valence-electron chi connectivity index (χ2n) is 6.69. The molecule has 2 heterocycles. The molecule has 9 heteroatoms. The summed E-state index contributed by atoms with van der Waals surface area (Å²) < 4.78 is 25.2. The van der Waals surface area contributed by atoms with Gasteiger partial charge in [0.15, 0.2) is 17.3 Å². The molecular weight excluding hydrogens is 411 g/mol. The molecule has 0 unspecified atom stereocenters. The summed E-state index contributed by atoms with van der Waals surface area (Å²) in [5.74, 6) is 0.582. The number of benzene rings is 2. The fourth-order valence-corrected chi connectivity index (χ4v) is 3.10. The summed E-state index contributed by atoms with van der Waals surface area (Å²) in [6.07, 6.45) is 1.57. The number of nitrogens with zero attached hydrogens (tertiary/aromatic N) is 4. The van der Waals surface area contributed by atoms with Gasteiger partial charge in [0.05, 0.1) is 13.1 Å². The van der Waals surface area contributed by atoms with Gasteiger partial charge in [-0.3, -0.25) is 4.79 Å². The molecule has 0 aliphatic carbocycles. The molecule has 0 N–H and O–H groups in total. The maximum Gasteiger partial charge on any atom is 0.326 e. The first-order chi connectivity index (χ1) is 14.5. The topological polar surface area (TPSA) is 77.4 Å². The van der Waals surface area contributed by atoms with E-state index in [9.17, 15) is 9.18 Å². The third kappa shape index (κ3) is 4.49. The number of halogens is 2. The lowest BCUT2D eigenvalue weighted by atomic mass is 10.1. The number of Topliss-reactive ketones (excluding diaryl/α,β-unsaturated/α-hetero) is 1. The number of hydrogen-bond acceptors (Lipinski definition) is 7. The summed E-state index contributed by atoms with van der Waals surface area (Å²) in [6.45, 7) is 2.79. The number of rotatable bonds is 7. The Labute approximate surface area is 177 Å². The standard InChI is InChI=1S/C21H18ClFN4O3/c1-2-18(28)13-4-3-5-15(8-13)30-21-25-12-24-20(26-21)27-10-16(11-27)29-19-7-6-14(22)9-17(19)23/h3-9,12,16H,2,10-11H2,1H3. The highest BCUT2D eigenvalue weighted by Gasteiger charge is 2.31. The Hall–Kier alpha value is -3.26. The molecule has 2 aromatic carbocycles. The molecule has 0 radical (unpaired) electrons. The average molecular weight is 429 g/mol. The van der Waals surface area contributed by atoms with Crippen molar-refractivity contribution in [3.8, 4) is 17.5 Å². The Bertz CT molecular complexity index is 1080. The zero-order valence-corrected chi connectivity index (χ0v) is 16.8. The summed E-state index contributed by atoms with van der Waals surface area (Å²) in [7, 11) is 0. The van der Waals surface area contributed by atoms with E-state index in [-0.39, 0.29) is 23.6 Å². The van der Waals surface area contributed by atoms with Crippen LogP contribution in [0.25, 0.3) is 0 Å². The minimum atomic E-state index is -0.499. The molecule has 154 valence electrons. The predicted molar refractivity (Wildman–Crippen MR) is 109 cm³/mol. The molecule has 1 fully saturated rings. The third-order valence-electron chi connectivity index (χ3n) is 4.54. The van der Waals surface area contributed by atoms with Crippen molar-refractivity contribution in [2.75, 3.05) is 18.0 Å². The molecule has 1 aliphatic heterocycles. The zero-order valence-electron chi connectivity index (χ0n) is 16.1. The monoisotopic (exact) mass is 428 g/mol.